The van der Waals surface area contributed by atoms with Crippen molar-refractivity contribution < 1.29 is 13.2 Å². The van der Waals surface area contributed by atoms with Gasteiger partial charge in [-0.3, -0.25) is 4.79 Å². The topological polar surface area (TPSA) is 66.5 Å². The molecule has 0 radical (unpaired) electrons. The maximum Gasteiger partial charge on any atom is 0.225 e. The van der Waals surface area contributed by atoms with Crippen LogP contribution in [0.1, 0.15) is 23.1 Å². The Morgan fingerprint density at radius 1 is 1.00 bits per heavy atom. The average Bonchev–Trinajstić information content (AvgIpc) is 2.57. The van der Waals surface area contributed by atoms with Crippen LogP contribution in [0.4, 0.5) is 5.69 Å². The summed E-state index contributed by atoms with van der Waals surface area (Å²) in [6, 6.07) is 15.1. The second kappa shape index (κ2) is 8.27. The molecule has 1 amide bonds. The van der Waals surface area contributed by atoms with Gasteiger partial charge < -0.3 is 5.32 Å². The van der Waals surface area contributed by atoms with Crippen LogP contribution in [0.15, 0.2) is 48.5 Å². The Hall–Kier alpha value is -2.18. The SMILES string of the molecule is Cc1cccc(C)c1NC(=O)CCS(=O)(=O)N(C)Cc1ccccc1. The summed E-state index contributed by atoms with van der Waals surface area (Å²) < 4.78 is 26.0. The highest BCUT2D eigenvalue weighted by molar-refractivity contribution is 7.89. The predicted octanol–water partition coefficient (Wildman–Crippen LogP) is 3.09. The number of aryl methyl sites for hydroxylation is 2. The maximum atomic E-state index is 12.4. The van der Waals surface area contributed by atoms with E-state index in [4.69, 9.17) is 0 Å². The Kier molecular flexibility index (Phi) is 6.33. The van der Waals surface area contributed by atoms with Gasteiger partial charge in [0.1, 0.15) is 0 Å². The van der Waals surface area contributed by atoms with Gasteiger partial charge in [0, 0.05) is 25.7 Å². The molecule has 134 valence electrons. The van der Waals surface area contributed by atoms with Gasteiger partial charge in [-0.25, -0.2) is 12.7 Å². The molecule has 0 unspecified atom stereocenters. The highest BCUT2D eigenvalue weighted by Crippen LogP contribution is 2.19. The first-order valence-electron chi connectivity index (χ1n) is 8.13. The summed E-state index contributed by atoms with van der Waals surface area (Å²) >= 11 is 0. The van der Waals surface area contributed by atoms with Crippen LogP contribution in [0, 0.1) is 13.8 Å². The van der Waals surface area contributed by atoms with E-state index < -0.39 is 10.0 Å². The van der Waals surface area contributed by atoms with E-state index in [-0.39, 0.29) is 18.1 Å². The molecule has 2 aromatic carbocycles. The summed E-state index contributed by atoms with van der Waals surface area (Å²) in [5.74, 6) is -0.512. The summed E-state index contributed by atoms with van der Waals surface area (Å²) in [7, 11) is -1.96. The Balaban J connectivity index is 1.93. The van der Waals surface area contributed by atoms with Crippen molar-refractivity contribution in [1.29, 1.82) is 0 Å². The smallest absolute Gasteiger partial charge is 0.225 e. The van der Waals surface area contributed by atoms with Gasteiger partial charge in [-0.15, -0.1) is 0 Å². The Labute approximate surface area is 149 Å². The van der Waals surface area contributed by atoms with E-state index in [1.807, 2.05) is 62.4 Å². The van der Waals surface area contributed by atoms with Crippen LogP contribution >= 0.6 is 0 Å². The number of anilines is 1. The molecule has 1 N–H and O–H groups in total. The molecule has 6 heteroatoms. The molecule has 2 rings (SSSR count). The van der Waals surface area contributed by atoms with Crippen molar-refractivity contribution in [2.24, 2.45) is 0 Å². The highest BCUT2D eigenvalue weighted by atomic mass is 32.2. The lowest BCUT2D eigenvalue weighted by Crippen LogP contribution is -2.30. The molecule has 0 aliphatic rings. The molecular weight excluding hydrogens is 336 g/mol. The molecule has 0 saturated heterocycles. The van der Waals surface area contributed by atoms with Crippen LogP contribution in [0.5, 0.6) is 0 Å². The minimum Gasteiger partial charge on any atom is -0.326 e. The van der Waals surface area contributed by atoms with E-state index in [1.165, 1.54) is 11.4 Å². The highest BCUT2D eigenvalue weighted by Gasteiger charge is 2.20. The fourth-order valence-corrected chi connectivity index (χ4v) is 3.63. The molecule has 0 saturated carbocycles. The van der Waals surface area contributed by atoms with Crippen molar-refractivity contribution in [2.45, 2.75) is 26.8 Å². The number of hydrogen-bond donors (Lipinski definition) is 1. The molecule has 0 aromatic heterocycles. The van der Waals surface area contributed by atoms with E-state index in [9.17, 15) is 13.2 Å². The van der Waals surface area contributed by atoms with Gasteiger partial charge in [-0.1, -0.05) is 48.5 Å². The van der Waals surface area contributed by atoms with Gasteiger partial charge in [-0.2, -0.15) is 0 Å². The quantitative estimate of drug-likeness (QED) is 0.825. The monoisotopic (exact) mass is 360 g/mol. The molecule has 2 aromatic rings. The van der Waals surface area contributed by atoms with Gasteiger partial charge in [0.05, 0.1) is 5.75 Å². The first-order chi connectivity index (χ1) is 11.8. The van der Waals surface area contributed by atoms with E-state index in [0.717, 1.165) is 22.4 Å². The Morgan fingerprint density at radius 3 is 2.20 bits per heavy atom. The summed E-state index contributed by atoms with van der Waals surface area (Å²) in [6.07, 6.45) is -0.0742. The zero-order valence-corrected chi connectivity index (χ0v) is 15.6. The number of nitrogens with zero attached hydrogens (tertiary/aromatic N) is 1. The number of carbonyl (C=O) groups excluding carboxylic acids is 1. The minimum absolute atomic E-state index is 0.0742. The lowest BCUT2D eigenvalue weighted by Gasteiger charge is -2.17. The number of sulfonamides is 1. The first kappa shape index (κ1) is 19.1. The maximum absolute atomic E-state index is 12.4. The number of rotatable bonds is 7. The summed E-state index contributed by atoms with van der Waals surface area (Å²) in [5, 5.41) is 2.82. The normalized spacial score (nSPS) is 11.5. The van der Waals surface area contributed by atoms with Gasteiger partial charge >= 0.3 is 0 Å². The van der Waals surface area contributed by atoms with Crippen LogP contribution < -0.4 is 5.32 Å². The van der Waals surface area contributed by atoms with E-state index in [0.29, 0.717) is 6.54 Å². The van der Waals surface area contributed by atoms with Gasteiger partial charge in [0.25, 0.3) is 0 Å². The van der Waals surface area contributed by atoms with Gasteiger partial charge in [-0.05, 0) is 30.5 Å². The standard InChI is InChI=1S/C19H24N2O3S/c1-15-8-7-9-16(2)19(15)20-18(22)12-13-25(23,24)21(3)14-17-10-5-4-6-11-17/h4-11H,12-14H2,1-3H3,(H,20,22). The lowest BCUT2D eigenvalue weighted by atomic mass is 10.1. The first-order valence-corrected chi connectivity index (χ1v) is 9.74. The van der Waals surface area contributed by atoms with Crippen molar-refractivity contribution >= 4 is 21.6 Å². The number of amides is 1. The molecular formula is C19H24N2O3S. The van der Waals surface area contributed by atoms with E-state index >= 15 is 0 Å². The Morgan fingerprint density at radius 2 is 1.60 bits per heavy atom. The third-order valence-corrected chi connectivity index (χ3v) is 5.85. The van der Waals surface area contributed by atoms with E-state index in [1.54, 1.807) is 0 Å². The predicted molar refractivity (Wildman–Crippen MR) is 101 cm³/mol. The number of benzene rings is 2. The van der Waals surface area contributed by atoms with Crippen molar-refractivity contribution in [1.82, 2.24) is 4.31 Å². The average molecular weight is 360 g/mol. The van der Waals surface area contributed by atoms with Crippen molar-refractivity contribution in [3.05, 3.63) is 65.2 Å². The van der Waals surface area contributed by atoms with E-state index in [2.05, 4.69) is 5.32 Å². The fourth-order valence-electron chi connectivity index (χ4n) is 2.53. The summed E-state index contributed by atoms with van der Waals surface area (Å²) in [5.41, 5.74) is 3.57. The second-order valence-electron chi connectivity index (χ2n) is 6.12. The zero-order valence-electron chi connectivity index (χ0n) is 14.8. The molecule has 0 atom stereocenters. The summed E-state index contributed by atoms with van der Waals surface area (Å²) in [6.45, 7) is 4.11. The minimum atomic E-state index is -3.49. The van der Waals surface area contributed by atoms with Crippen LogP contribution in [0.25, 0.3) is 0 Å². The van der Waals surface area contributed by atoms with Crippen LogP contribution in [-0.2, 0) is 21.4 Å². The van der Waals surface area contributed by atoms with Crippen LogP contribution in [0.2, 0.25) is 0 Å². The van der Waals surface area contributed by atoms with Crippen molar-refractivity contribution in [3.63, 3.8) is 0 Å². The third kappa shape index (κ3) is 5.41. The molecule has 0 heterocycles. The molecule has 0 aliphatic heterocycles. The van der Waals surface area contributed by atoms with Crippen LogP contribution in [0.3, 0.4) is 0 Å². The number of para-hydroxylation sites is 1. The van der Waals surface area contributed by atoms with Crippen LogP contribution in [-0.4, -0.2) is 31.4 Å². The molecule has 0 spiro atoms. The molecule has 0 fully saturated rings. The van der Waals surface area contributed by atoms with Crippen molar-refractivity contribution in [2.75, 3.05) is 18.1 Å². The van der Waals surface area contributed by atoms with Crippen molar-refractivity contribution in [3.8, 4) is 0 Å². The number of nitrogens with one attached hydrogen (secondary N) is 1. The molecule has 25 heavy (non-hydrogen) atoms. The van der Waals surface area contributed by atoms with Gasteiger partial charge in [0.2, 0.25) is 15.9 Å². The molecule has 5 nitrogen and oxygen atoms in total. The van der Waals surface area contributed by atoms with Gasteiger partial charge in [0.15, 0.2) is 0 Å². The fraction of sp³-hybridized carbons (Fsp3) is 0.316. The summed E-state index contributed by atoms with van der Waals surface area (Å²) in [4.78, 5) is 12.2. The second-order valence-corrected chi connectivity index (χ2v) is 8.32. The number of carbonyl (C=O) groups is 1. The lowest BCUT2D eigenvalue weighted by molar-refractivity contribution is -0.115. The number of hydrogen-bond acceptors (Lipinski definition) is 3. The largest absolute Gasteiger partial charge is 0.326 e. The Bertz CT molecular complexity index is 813. The molecule has 0 aliphatic carbocycles. The zero-order chi connectivity index (χ0) is 18.4. The molecule has 0 bridgehead atoms. The third-order valence-electron chi connectivity index (χ3n) is 4.06.